The zero-order valence-electron chi connectivity index (χ0n) is 12.2. The van der Waals surface area contributed by atoms with Crippen LogP contribution < -0.4 is 11.1 Å². The maximum absolute atomic E-state index is 12.2. The summed E-state index contributed by atoms with van der Waals surface area (Å²) in [6, 6.07) is 5.13. The van der Waals surface area contributed by atoms with Crippen LogP contribution in [0.5, 0.6) is 0 Å². The first-order chi connectivity index (χ1) is 9.99. The van der Waals surface area contributed by atoms with E-state index < -0.39 is 11.8 Å². The minimum atomic E-state index is -0.535. The highest BCUT2D eigenvalue weighted by Crippen LogP contribution is 2.29. The summed E-state index contributed by atoms with van der Waals surface area (Å²) >= 11 is 0. The van der Waals surface area contributed by atoms with Gasteiger partial charge >= 0.3 is 5.76 Å². The Balaban J connectivity index is 2.18. The number of carbonyl (C=O) groups excluding carboxylic acids is 1. The van der Waals surface area contributed by atoms with Crippen molar-refractivity contribution < 1.29 is 9.21 Å². The molecule has 0 bridgehead atoms. The van der Waals surface area contributed by atoms with E-state index in [0.717, 1.165) is 5.56 Å². The molecule has 1 atom stereocenters. The number of benzene rings is 1. The number of nitrogens with zero attached hydrogens (tertiary/aromatic N) is 1. The zero-order valence-corrected chi connectivity index (χ0v) is 12.2. The number of piperidine rings is 1. The number of rotatable bonds is 2. The normalized spacial score (nSPS) is 19.3. The Morgan fingerprint density at radius 1 is 1.38 bits per heavy atom. The van der Waals surface area contributed by atoms with E-state index >= 15 is 0 Å². The summed E-state index contributed by atoms with van der Waals surface area (Å²) in [7, 11) is 0. The number of amides is 1. The van der Waals surface area contributed by atoms with Crippen molar-refractivity contribution in [1.82, 2.24) is 9.88 Å². The lowest BCUT2D eigenvalue weighted by molar-refractivity contribution is -0.124. The van der Waals surface area contributed by atoms with Crippen LogP contribution in [0.2, 0.25) is 0 Å². The molecule has 0 radical (unpaired) electrons. The first-order valence-corrected chi connectivity index (χ1v) is 7.11. The van der Waals surface area contributed by atoms with E-state index in [-0.39, 0.29) is 11.8 Å². The van der Waals surface area contributed by atoms with E-state index in [4.69, 9.17) is 4.42 Å². The van der Waals surface area contributed by atoms with Gasteiger partial charge in [0.1, 0.15) is 6.04 Å². The van der Waals surface area contributed by atoms with Gasteiger partial charge < -0.3 is 9.73 Å². The van der Waals surface area contributed by atoms with Crippen molar-refractivity contribution in [2.75, 3.05) is 0 Å². The van der Waals surface area contributed by atoms with Crippen LogP contribution in [-0.4, -0.2) is 10.5 Å². The minimum Gasteiger partial charge on any atom is -0.407 e. The Bertz CT molecular complexity index is 782. The van der Waals surface area contributed by atoms with Gasteiger partial charge in [-0.05, 0) is 30.4 Å². The lowest BCUT2D eigenvalue weighted by Crippen LogP contribution is -2.39. The molecule has 3 rings (SSSR count). The first-order valence-electron chi connectivity index (χ1n) is 7.11. The standard InChI is InChI=1S/C16H18N2O3/c1-9(2)11-5-4-6-12-14(11)21-16(20)18(12)13-8-7-10(3)17-15(13)19/h4-6,9,13H,3,7-8H2,1-2H3,(H,17,19). The quantitative estimate of drug-likeness (QED) is 0.923. The van der Waals surface area contributed by atoms with Crippen LogP contribution in [0.4, 0.5) is 0 Å². The Hall–Kier alpha value is -2.30. The molecule has 110 valence electrons. The lowest BCUT2D eigenvalue weighted by Gasteiger charge is -2.23. The summed E-state index contributed by atoms with van der Waals surface area (Å²) in [5, 5.41) is 2.71. The summed E-state index contributed by atoms with van der Waals surface area (Å²) < 4.78 is 6.89. The molecular formula is C16H18N2O3. The average molecular weight is 286 g/mol. The van der Waals surface area contributed by atoms with Crippen LogP contribution in [0.3, 0.4) is 0 Å². The van der Waals surface area contributed by atoms with Crippen molar-refractivity contribution in [3.8, 4) is 0 Å². The first kappa shape index (κ1) is 13.7. The summed E-state index contributed by atoms with van der Waals surface area (Å²) in [5.41, 5.74) is 2.93. The molecule has 1 aliphatic heterocycles. The molecule has 2 aromatic rings. The van der Waals surface area contributed by atoms with E-state index in [1.807, 2.05) is 32.0 Å². The fourth-order valence-corrected chi connectivity index (χ4v) is 2.84. The number of hydrogen-bond donors (Lipinski definition) is 1. The van der Waals surface area contributed by atoms with Gasteiger partial charge in [0.15, 0.2) is 5.58 Å². The van der Waals surface area contributed by atoms with Crippen LogP contribution in [0.1, 0.15) is 44.2 Å². The van der Waals surface area contributed by atoms with Crippen LogP contribution in [0.25, 0.3) is 11.1 Å². The van der Waals surface area contributed by atoms with Crippen LogP contribution >= 0.6 is 0 Å². The molecule has 5 nitrogen and oxygen atoms in total. The van der Waals surface area contributed by atoms with Crippen LogP contribution in [0.15, 0.2) is 39.7 Å². The number of oxazole rings is 1. The van der Waals surface area contributed by atoms with Crippen LogP contribution in [0, 0.1) is 0 Å². The highest BCUT2D eigenvalue weighted by Gasteiger charge is 2.29. The lowest BCUT2D eigenvalue weighted by atomic mass is 10.0. The fourth-order valence-electron chi connectivity index (χ4n) is 2.84. The van der Waals surface area contributed by atoms with Gasteiger partial charge in [0, 0.05) is 5.70 Å². The van der Waals surface area contributed by atoms with Gasteiger partial charge in [-0.3, -0.25) is 9.36 Å². The fraction of sp³-hybridized carbons (Fsp3) is 0.375. The van der Waals surface area contributed by atoms with Crippen molar-refractivity contribution >= 4 is 17.0 Å². The molecule has 0 aliphatic carbocycles. The highest BCUT2D eigenvalue weighted by molar-refractivity contribution is 5.86. The second kappa shape index (κ2) is 4.91. The predicted octanol–water partition coefficient (Wildman–Crippen LogP) is 2.68. The molecule has 1 aromatic carbocycles. The summed E-state index contributed by atoms with van der Waals surface area (Å²) in [4.78, 5) is 24.4. The molecular weight excluding hydrogens is 268 g/mol. The molecule has 0 saturated carbocycles. The summed E-state index contributed by atoms with van der Waals surface area (Å²) in [6.45, 7) is 7.85. The molecule has 5 heteroatoms. The van der Waals surface area contributed by atoms with E-state index in [2.05, 4.69) is 11.9 Å². The topological polar surface area (TPSA) is 64.2 Å². The predicted molar refractivity (Wildman–Crippen MR) is 80.1 cm³/mol. The Labute approximate surface area is 122 Å². The van der Waals surface area contributed by atoms with Crippen molar-refractivity contribution in [3.05, 3.63) is 46.6 Å². The van der Waals surface area contributed by atoms with Gasteiger partial charge in [-0.1, -0.05) is 32.6 Å². The Morgan fingerprint density at radius 2 is 2.14 bits per heavy atom. The molecule has 1 amide bonds. The van der Waals surface area contributed by atoms with E-state index in [9.17, 15) is 9.59 Å². The second-order valence-corrected chi connectivity index (χ2v) is 5.74. The maximum atomic E-state index is 12.2. The number of fused-ring (bicyclic) bond motifs is 1. The molecule has 21 heavy (non-hydrogen) atoms. The number of aromatic nitrogens is 1. The summed E-state index contributed by atoms with van der Waals surface area (Å²) in [6.07, 6.45) is 1.23. The number of nitrogens with one attached hydrogen (secondary N) is 1. The van der Waals surface area contributed by atoms with Gasteiger partial charge in [0.05, 0.1) is 5.52 Å². The van der Waals surface area contributed by atoms with E-state index in [1.54, 1.807) is 0 Å². The summed E-state index contributed by atoms with van der Waals surface area (Å²) in [5.74, 6) is -0.440. The third kappa shape index (κ3) is 2.18. The van der Waals surface area contributed by atoms with Crippen LogP contribution in [-0.2, 0) is 4.79 Å². The molecule has 0 spiro atoms. The molecule has 1 N–H and O–H groups in total. The third-order valence-electron chi connectivity index (χ3n) is 3.93. The van der Waals surface area contributed by atoms with Gasteiger partial charge in [-0.15, -0.1) is 0 Å². The Morgan fingerprint density at radius 3 is 2.81 bits per heavy atom. The molecule has 1 aliphatic rings. The van der Waals surface area contributed by atoms with Crippen molar-refractivity contribution in [2.24, 2.45) is 0 Å². The monoisotopic (exact) mass is 286 g/mol. The van der Waals surface area contributed by atoms with Crippen molar-refractivity contribution in [3.63, 3.8) is 0 Å². The number of carbonyl (C=O) groups is 1. The second-order valence-electron chi connectivity index (χ2n) is 5.74. The SMILES string of the molecule is C=C1CCC(n2c(=O)oc3c(C(C)C)cccc32)C(=O)N1. The average Bonchev–Trinajstić information content (AvgIpc) is 2.74. The third-order valence-corrected chi connectivity index (χ3v) is 3.93. The van der Waals surface area contributed by atoms with Gasteiger partial charge in [-0.25, -0.2) is 4.79 Å². The van der Waals surface area contributed by atoms with Gasteiger partial charge in [0.2, 0.25) is 5.91 Å². The molecule has 1 fully saturated rings. The van der Waals surface area contributed by atoms with Crippen molar-refractivity contribution in [1.29, 1.82) is 0 Å². The van der Waals surface area contributed by atoms with Gasteiger partial charge in [0.25, 0.3) is 0 Å². The largest absolute Gasteiger partial charge is 0.420 e. The number of allylic oxidation sites excluding steroid dienone is 1. The maximum Gasteiger partial charge on any atom is 0.420 e. The smallest absolute Gasteiger partial charge is 0.407 e. The molecule has 2 heterocycles. The number of para-hydroxylation sites is 1. The number of hydrogen-bond acceptors (Lipinski definition) is 3. The van der Waals surface area contributed by atoms with Gasteiger partial charge in [-0.2, -0.15) is 0 Å². The molecule has 1 aromatic heterocycles. The minimum absolute atomic E-state index is 0.203. The highest BCUT2D eigenvalue weighted by atomic mass is 16.4. The van der Waals surface area contributed by atoms with E-state index in [1.165, 1.54) is 4.57 Å². The zero-order chi connectivity index (χ0) is 15.1. The Kier molecular flexibility index (Phi) is 3.20. The van der Waals surface area contributed by atoms with E-state index in [0.29, 0.717) is 29.6 Å². The molecule has 1 saturated heterocycles. The van der Waals surface area contributed by atoms with Crippen molar-refractivity contribution in [2.45, 2.75) is 38.6 Å². The molecule has 1 unspecified atom stereocenters.